The van der Waals surface area contributed by atoms with E-state index in [2.05, 4.69) is 30.9 Å². The largest absolute Gasteiger partial charge is 0.329 e. The number of hydrogen-bond donors (Lipinski definition) is 1. The van der Waals surface area contributed by atoms with Crippen molar-refractivity contribution in [2.24, 2.45) is 12.1 Å². The van der Waals surface area contributed by atoms with Gasteiger partial charge < -0.3 is 4.57 Å². The molecule has 1 aliphatic heterocycles. The van der Waals surface area contributed by atoms with Crippen LogP contribution in [0.3, 0.4) is 0 Å². The molecule has 1 N–H and O–H groups in total. The number of nitrogens with zero attached hydrogens (tertiary/aromatic N) is 7. The van der Waals surface area contributed by atoms with Gasteiger partial charge in [-0.1, -0.05) is 0 Å². The fraction of sp³-hybridized carbons (Fsp3) is 0.235. The smallest absolute Gasteiger partial charge is 0.152 e. The molecule has 5 rings (SSSR count). The Hall–Kier alpha value is -3.03. The average molecular weight is 394 g/mol. The van der Waals surface area contributed by atoms with Crippen molar-refractivity contribution in [3.63, 3.8) is 0 Å². The maximum Gasteiger partial charge on any atom is 0.152 e. The van der Waals surface area contributed by atoms with E-state index in [0.717, 1.165) is 33.3 Å². The predicted molar refractivity (Wildman–Crippen MR) is 104 cm³/mol. The number of rotatable bonds is 4. The molecule has 0 atom stereocenters. The summed E-state index contributed by atoms with van der Waals surface area (Å²) in [7, 11) is 2.05. The van der Waals surface area contributed by atoms with Crippen molar-refractivity contribution in [2.75, 3.05) is 0 Å². The lowest BCUT2D eigenvalue weighted by Gasteiger charge is -2.22. The van der Waals surface area contributed by atoms with Gasteiger partial charge in [0.25, 0.3) is 0 Å². The highest BCUT2D eigenvalue weighted by molar-refractivity contribution is 7.19. The molecule has 0 bridgehead atoms. The van der Waals surface area contributed by atoms with Crippen LogP contribution in [0.25, 0.3) is 10.3 Å². The van der Waals surface area contributed by atoms with E-state index in [9.17, 15) is 0 Å². The van der Waals surface area contributed by atoms with Crippen molar-refractivity contribution < 1.29 is 0 Å². The number of H-pyrrole nitrogens is 1. The molecule has 0 unspecified atom stereocenters. The lowest BCUT2D eigenvalue weighted by molar-refractivity contribution is 0.261. The van der Waals surface area contributed by atoms with Crippen LogP contribution in [0.15, 0.2) is 22.7 Å². The summed E-state index contributed by atoms with van der Waals surface area (Å²) < 4.78 is 3.32. The van der Waals surface area contributed by atoms with Gasteiger partial charge in [0.15, 0.2) is 11.3 Å². The number of aromatic amines is 1. The van der Waals surface area contributed by atoms with Gasteiger partial charge in [0, 0.05) is 30.6 Å². The molecule has 1 aliphatic rings. The van der Waals surface area contributed by atoms with E-state index in [1.54, 1.807) is 16.7 Å². The first kappa shape index (κ1) is 16.2. The van der Waals surface area contributed by atoms with Crippen molar-refractivity contribution in [3.8, 4) is 6.07 Å². The van der Waals surface area contributed by atoms with Crippen LogP contribution in [0.4, 0.5) is 0 Å². The van der Waals surface area contributed by atoms with Crippen molar-refractivity contribution in [1.29, 1.82) is 5.26 Å². The molecular weight excluding hydrogens is 380 g/mol. The zero-order valence-electron chi connectivity index (χ0n) is 14.4. The molecule has 0 saturated carbocycles. The van der Waals surface area contributed by atoms with E-state index in [1.807, 2.05) is 30.5 Å². The Morgan fingerprint density at radius 2 is 2.26 bits per heavy atom. The normalized spacial score (nSPS) is 13.3. The first-order chi connectivity index (χ1) is 13.2. The number of nitriles is 1. The highest BCUT2D eigenvalue weighted by Crippen LogP contribution is 2.33. The Balaban J connectivity index is 1.42. The minimum Gasteiger partial charge on any atom is -0.329 e. The van der Waals surface area contributed by atoms with Crippen LogP contribution in [0.1, 0.15) is 32.7 Å². The van der Waals surface area contributed by atoms with Gasteiger partial charge in [0.1, 0.15) is 16.1 Å². The topological polar surface area (TPSA) is 98.8 Å². The molecule has 0 spiro atoms. The van der Waals surface area contributed by atoms with Crippen molar-refractivity contribution in [2.45, 2.75) is 19.5 Å². The molecule has 0 fully saturated rings. The predicted octanol–water partition coefficient (Wildman–Crippen LogP) is 2.63. The number of aromatic nitrogens is 5. The van der Waals surface area contributed by atoms with Crippen LogP contribution in [-0.2, 0) is 26.6 Å². The Morgan fingerprint density at radius 3 is 3.04 bits per heavy atom. The first-order valence-electron chi connectivity index (χ1n) is 8.30. The summed E-state index contributed by atoms with van der Waals surface area (Å²) >= 11 is 3.19. The third-order valence-corrected chi connectivity index (χ3v) is 6.40. The van der Waals surface area contributed by atoms with Crippen LogP contribution in [0, 0.1) is 11.3 Å². The number of aryl methyl sites for hydroxylation is 1. The lowest BCUT2D eigenvalue weighted by atomic mass is 10.2. The van der Waals surface area contributed by atoms with E-state index in [4.69, 9.17) is 10.2 Å². The number of hydrogen-bond acceptors (Lipinski definition) is 8. The van der Waals surface area contributed by atoms with E-state index in [0.29, 0.717) is 18.8 Å². The highest BCUT2D eigenvalue weighted by atomic mass is 32.1. The molecule has 8 nitrogen and oxygen atoms in total. The van der Waals surface area contributed by atoms with E-state index in [-0.39, 0.29) is 0 Å². The summed E-state index contributed by atoms with van der Waals surface area (Å²) in [6.45, 7) is 1.29. The number of thiazole rings is 2. The van der Waals surface area contributed by atoms with Gasteiger partial charge in [-0.25, -0.2) is 9.97 Å². The number of hydrazone groups is 1. The van der Waals surface area contributed by atoms with Gasteiger partial charge in [-0.2, -0.15) is 15.5 Å². The van der Waals surface area contributed by atoms with Gasteiger partial charge in [0.05, 0.1) is 35.4 Å². The minimum absolute atomic E-state index is 0.463. The monoisotopic (exact) mass is 394 g/mol. The van der Waals surface area contributed by atoms with Gasteiger partial charge in [-0.3, -0.25) is 10.1 Å². The SMILES string of the molecule is Cn1c2c(c3sc(Cc4cc[nH]n4)nc31)C=NN(Cc1nc(C#N)cs1)C2. The first-order valence-corrected chi connectivity index (χ1v) is 10.00. The number of nitrogens with one attached hydrogen (secondary N) is 1. The van der Waals surface area contributed by atoms with Gasteiger partial charge in [0.2, 0.25) is 0 Å². The Kier molecular flexibility index (Phi) is 3.77. The second-order valence-electron chi connectivity index (χ2n) is 6.23. The average Bonchev–Trinajstić information content (AvgIpc) is 3.44. The maximum absolute atomic E-state index is 8.92. The molecule has 5 heterocycles. The van der Waals surface area contributed by atoms with Crippen LogP contribution < -0.4 is 0 Å². The zero-order valence-corrected chi connectivity index (χ0v) is 16.0. The zero-order chi connectivity index (χ0) is 18.4. The molecule has 0 radical (unpaired) electrons. The van der Waals surface area contributed by atoms with Crippen LogP contribution in [-0.4, -0.2) is 36.0 Å². The standard InChI is InChI=1S/C17H14N8S2/c1-24-13-7-25(8-15-21-11(5-18)9-26-15)20-6-12(13)16-17(24)22-14(27-16)4-10-2-3-19-23-10/h2-3,6,9H,4,7-8H2,1H3,(H,19,23). The Bertz CT molecular complexity index is 1190. The molecule has 0 amide bonds. The molecule has 10 heteroatoms. The van der Waals surface area contributed by atoms with Crippen LogP contribution in [0.2, 0.25) is 0 Å². The summed E-state index contributed by atoms with van der Waals surface area (Å²) in [6.07, 6.45) is 4.47. The van der Waals surface area contributed by atoms with Gasteiger partial charge in [-0.15, -0.1) is 22.7 Å². The fourth-order valence-corrected chi connectivity index (χ4v) is 5.05. The third kappa shape index (κ3) is 2.81. The Labute approximate surface area is 162 Å². The summed E-state index contributed by atoms with van der Waals surface area (Å²) in [5.74, 6) is 0. The molecular formula is C17H14N8S2. The molecule has 0 saturated heterocycles. The molecule has 134 valence electrons. The maximum atomic E-state index is 8.92. The minimum atomic E-state index is 0.463. The quantitative estimate of drug-likeness (QED) is 0.574. The molecule has 4 aromatic heterocycles. The van der Waals surface area contributed by atoms with Gasteiger partial charge in [-0.05, 0) is 6.07 Å². The van der Waals surface area contributed by atoms with Crippen molar-refractivity contribution in [3.05, 3.63) is 50.3 Å². The van der Waals surface area contributed by atoms with E-state index in [1.165, 1.54) is 21.7 Å². The van der Waals surface area contributed by atoms with Gasteiger partial charge >= 0.3 is 0 Å². The second kappa shape index (κ2) is 6.29. The van der Waals surface area contributed by atoms with E-state index >= 15 is 0 Å². The van der Waals surface area contributed by atoms with Crippen LogP contribution >= 0.6 is 22.7 Å². The third-order valence-electron chi connectivity index (χ3n) is 4.49. The fourth-order valence-electron chi connectivity index (χ4n) is 3.18. The molecule has 4 aromatic rings. The second-order valence-corrected chi connectivity index (χ2v) is 8.25. The molecule has 0 aromatic carbocycles. The lowest BCUT2D eigenvalue weighted by Crippen LogP contribution is -2.22. The molecule has 0 aliphatic carbocycles. The summed E-state index contributed by atoms with van der Waals surface area (Å²) in [6, 6.07) is 4.04. The highest BCUT2D eigenvalue weighted by Gasteiger charge is 2.23. The van der Waals surface area contributed by atoms with Crippen molar-refractivity contribution >= 4 is 39.2 Å². The van der Waals surface area contributed by atoms with Crippen molar-refractivity contribution in [1.82, 2.24) is 29.7 Å². The van der Waals surface area contributed by atoms with Crippen LogP contribution in [0.5, 0.6) is 0 Å². The number of fused-ring (bicyclic) bond motifs is 3. The summed E-state index contributed by atoms with van der Waals surface area (Å²) in [5, 5.41) is 26.2. The summed E-state index contributed by atoms with van der Waals surface area (Å²) in [5.41, 5.74) is 4.78. The summed E-state index contributed by atoms with van der Waals surface area (Å²) in [4.78, 5) is 9.11. The molecule has 27 heavy (non-hydrogen) atoms. The Morgan fingerprint density at radius 1 is 1.33 bits per heavy atom. The van der Waals surface area contributed by atoms with E-state index < -0.39 is 0 Å².